The zero-order valence-corrected chi connectivity index (χ0v) is 14.7. The van der Waals surface area contributed by atoms with Crippen LogP contribution in [0.1, 0.15) is 11.1 Å². The maximum absolute atomic E-state index is 5.61. The van der Waals surface area contributed by atoms with E-state index in [1.54, 1.807) is 21.3 Å². The van der Waals surface area contributed by atoms with E-state index in [9.17, 15) is 0 Å². The maximum Gasteiger partial charge on any atom is 0.231 e. The summed E-state index contributed by atoms with van der Waals surface area (Å²) in [4.78, 5) is 4.72. The molecule has 0 spiro atoms. The van der Waals surface area contributed by atoms with Crippen LogP contribution in [0.3, 0.4) is 0 Å². The van der Waals surface area contributed by atoms with Gasteiger partial charge in [0.05, 0.1) is 27.0 Å². The van der Waals surface area contributed by atoms with Crippen molar-refractivity contribution < 1.29 is 23.7 Å². The molecule has 2 aromatic carbocycles. The number of benzene rings is 2. The number of nitrogens with zero attached hydrogens (tertiary/aromatic N) is 1. The van der Waals surface area contributed by atoms with E-state index in [1.807, 2.05) is 24.4 Å². The third kappa shape index (κ3) is 1.89. The van der Waals surface area contributed by atoms with Crippen molar-refractivity contribution in [2.45, 2.75) is 6.42 Å². The second-order valence-corrected chi connectivity index (χ2v) is 6.23. The Bertz CT molecular complexity index is 1060. The lowest BCUT2D eigenvalue weighted by Crippen LogP contribution is -1.98. The highest BCUT2D eigenvalue weighted by Crippen LogP contribution is 2.49. The molecule has 0 fully saturated rings. The van der Waals surface area contributed by atoms with E-state index >= 15 is 0 Å². The average Bonchev–Trinajstić information content (AvgIpc) is 3.27. The lowest BCUT2D eigenvalue weighted by Gasteiger charge is -2.16. The smallest absolute Gasteiger partial charge is 0.231 e. The minimum Gasteiger partial charge on any atom is -0.493 e. The first-order valence-corrected chi connectivity index (χ1v) is 8.28. The van der Waals surface area contributed by atoms with Crippen LogP contribution in [0.25, 0.3) is 22.0 Å². The van der Waals surface area contributed by atoms with Crippen molar-refractivity contribution in [3.63, 3.8) is 0 Å². The third-order valence-corrected chi connectivity index (χ3v) is 5.02. The maximum atomic E-state index is 5.61. The molecule has 0 atom stereocenters. The van der Waals surface area contributed by atoms with Crippen LogP contribution < -0.4 is 23.7 Å². The van der Waals surface area contributed by atoms with E-state index in [0.29, 0.717) is 17.2 Å². The third-order valence-electron chi connectivity index (χ3n) is 5.02. The Morgan fingerprint density at radius 2 is 1.65 bits per heavy atom. The molecule has 0 amide bonds. The van der Waals surface area contributed by atoms with Gasteiger partial charge in [0, 0.05) is 23.6 Å². The fourth-order valence-corrected chi connectivity index (χ4v) is 3.84. The van der Waals surface area contributed by atoms with E-state index in [0.717, 1.165) is 45.5 Å². The molecule has 1 aliphatic heterocycles. The molecular weight excluding hydrogens is 334 g/mol. The first-order chi connectivity index (χ1) is 12.7. The predicted molar refractivity (Wildman–Crippen MR) is 95.8 cm³/mol. The van der Waals surface area contributed by atoms with E-state index < -0.39 is 0 Å². The molecule has 6 heteroatoms. The summed E-state index contributed by atoms with van der Waals surface area (Å²) in [7, 11) is 4.85. The average molecular weight is 351 g/mol. The van der Waals surface area contributed by atoms with Gasteiger partial charge in [-0.25, -0.2) is 0 Å². The van der Waals surface area contributed by atoms with E-state index in [4.69, 9.17) is 28.7 Å². The van der Waals surface area contributed by atoms with E-state index in [-0.39, 0.29) is 6.79 Å². The van der Waals surface area contributed by atoms with Crippen LogP contribution in [0.5, 0.6) is 28.7 Å². The molecule has 0 radical (unpaired) electrons. The molecule has 5 rings (SSSR count). The normalized spacial score (nSPS) is 13.5. The van der Waals surface area contributed by atoms with Gasteiger partial charge in [-0.1, -0.05) is 0 Å². The predicted octanol–water partition coefficient (Wildman–Crippen LogP) is 3.56. The van der Waals surface area contributed by atoms with Crippen LogP contribution in [0.15, 0.2) is 24.4 Å². The summed E-state index contributed by atoms with van der Waals surface area (Å²) in [6.07, 6.45) is 2.60. The molecule has 0 unspecified atom stereocenters. The van der Waals surface area contributed by atoms with Gasteiger partial charge in [-0.15, -0.1) is 0 Å². The van der Waals surface area contributed by atoms with Crippen molar-refractivity contribution >= 4 is 10.8 Å². The molecule has 132 valence electrons. The summed E-state index contributed by atoms with van der Waals surface area (Å²) in [5.74, 6) is 3.39. The van der Waals surface area contributed by atoms with Gasteiger partial charge < -0.3 is 23.7 Å². The van der Waals surface area contributed by atoms with Gasteiger partial charge in [0.1, 0.15) is 0 Å². The highest BCUT2D eigenvalue weighted by molar-refractivity contribution is 5.99. The number of hydrogen-bond donors (Lipinski definition) is 0. The molecule has 0 bridgehead atoms. The summed E-state index contributed by atoms with van der Waals surface area (Å²) >= 11 is 0. The topological polar surface area (TPSA) is 59.0 Å². The molecule has 26 heavy (non-hydrogen) atoms. The Labute approximate surface area is 150 Å². The van der Waals surface area contributed by atoms with Crippen molar-refractivity contribution in [2.24, 2.45) is 0 Å². The molecule has 0 saturated carbocycles. The second kappa shape index (κ2) is 5.42. The summed E-state index contributed by atoms with van der Waals surface area (Å²) in [6.45, 7) is 0.268. The van der Waals surface area contributed by atoms with Gasteiger partial charge in [-0.05, 0) is 34.7 Å². The monoisotopic (exact) mass is 351 g/mol. The van der Waals surface area contributed by atoms with Crippen LogP contribution in [-0.2, 0) is 6.42 Å². The largest absolute Gasteiger partial charge is 0.493 e. The number of methoxy groups -OCH3 is 3. The van der Waals surface area contributed by atoms with Crippen LogP contribution in [0, 0.1) is 0 Å². The minimum atomic E-state index is 0.268. The number of aromatic nitrogens is 1. The van der Waals surface area contributed by atoms with Crippen molar-refractivity contribution in [2.75, 3.05) is 28.1 Å². The van der Waals surface area contributed by atoms with Gasteiger partial charge in [0.25, 0.3) is 0 Å². The molecule has 1 aliphatic carbocycles. The van der Waals surface area contributed by atoms with Gasteiger partial charge in [-0.3, -0.25) is 4.98 Å². The van der Waals surface area contributed by atoms with E-state index in [1.165, 1.54) is 5.56 Å². The van der Waals surface area contributed by atoms with Crippen molar-refractivity contribution in [1.29, 1.82) is 0 Å². The number of ether oxygens (including phenoxy) is 5. The summed E-state index contributed by atoms with van der Waals surface area (Å²) in [6, 6.07) is 6.05. The van der Waals surface area contributed by atoms with Crippen LogP contribution in [-0.4, -0.2) is 33.1 Å². The molecule has 6 nitrogen and oxygen atoms in total. The Hall–Kier alpha value is -3.15. The van der Waals surface area contributed by atoms with Gasteiger partial charge in [0.15, 0.2) is 23.0 Å². The number of fused-ring (bicyclic) bond motifs is 6. The summed E-state index contributed by atoms with van der Waals surface area (Å²) in [5, 5.41) is 1.94. The molecule has 1 aromatic heterocycles. The number of hydrogen-bond acceptors (Lipinski definition) is 6. The summed E-state index contributed by atoms with van der Waals surface area (Å²) in [5.41, 5.74) is 4.36. The highest BCUT2D eigenvalue weighted by atomic mass is 16.7. The SMILES string of the molecule is COc1cc2c3c(ncc2c(OC)c1OC)-c1cc2c(cc1C3)OCO2. The molecule has 2 aliphatic rings. The fraction of sp³-hybridized carbons (Fsp3) is 0.250. The highest BCUT2D eigenvalue weighted by Gasteiger charge is 2.28. The first kappa shape index (κ1) is 15.1. The Kier molecular flexibility index (Phi) is 3.16. The van der Waals surface area contributed by atoms with Crippen LogP contribution in [0.4, 0.5) is 0 Å². The zero-order valence-electron chi connectivity index (χ0n) is 14.7. The van der Waals surface area contributed by atoms with Gasteiger partial charge >= 0.3 is 0 Å². The molecule has 3 aromatic rings. The fourth-order valence-electron chi connectivity index (χ4n) is 3.84. The van der Waals surface area contributed by atoms with Crippen molar-refractivity contribution in [3.05, 3.63) is 35.5 Å². The molecule has 0 N–H and O–H groups in total. The standard InChI is InChI=1S/C20H17NO5/c1-22-17-7-12-13-4-10-5-15-16(26-9-25-15)6-11(10)18(13)21-8-14(12)19(23-2)20(17)24-3/h5-8H,4,9H2,1-3H3. The van der Waals surface area contributed by atoms with Crippen LogP contribution in [0.2, 0.25) is 0 Å². The van der Waals surface area contributed by atoms with E-state index in [2.05, 4.69) is 0 Å². The summed E-state index contributed by atoms with van der Waals surface area (Å²) < 4.78 is 27.7. The number of pyridine rings is 1. The Balaban J connectivity index is 1.78. The lowest BCUT2D eigenvalue weighted by molar-refractivity contribution is 0.174. The Morgan fingerprint density at radius 1 is 0.885 bits per heavy atom. The quantitative estimate of drug-likeness (QED) is 0.562. The minimum absolute atomic E-state index is 0.268. The Morgan fingerprint density at radius 3 is 2.38 bits per heavy atom. The zero-order chi connectivity index (χ0) is 17.8. The van der Waals surface area contributed by atoms with Crippen molar-refractivity contribution in [1.82, 2.24) is 4.98 Å². The second-order valence-electron chi connectivity index (χ2n) is 6.23. The van der Waals surface area contributed by atoms with Crippen LogP contribution >= 0.6 is 0 Å². The van der Waals surface area contributed by atoms with Crippen molar-refractivity contribution in [3.8, 4) is 40.0 Å². The lowest BCUT2D eigenvalue weighted by atomic mass is 10.0. The molecule has 2 heterocycles. The van der Waals surface area contributed by atoms with Gasteiger partial charge in [0.2, 0.25) is 12.5 Å². The van der Waals surface area contributed by atoms with Gasteiger partial charge in [-0.2, -0.15) is 0 Å². The first-order valence-electron chi connectivity index (χ1n) is 8.28. The molecular formula is C20H17NO5. The molecule has 0 saturated heterocycles. The number of rotatable bonds is 3.